The Morgan fingerprint density at radius 3 is 2.28 bits per heavy atom. The summed E-state index contributed by atoms with van der Waals surface area (Å²) in [6.07, 6.45) is 5.18. The largest absolute Gasteiger partial charge is 0.425 e. The predicted octanol–water partition coefficient (Wildman–Crippen LogP) is 4.74. The molecule has 0 radical (unpaired) electrons. The molecule has 5 rings (SSSR count). The summed E-state index contributed by atoms with van der Waals surface area (Å²) in [6.45, 7) is 0.587. The van der Waals surface area contributed by atoms with Crippen molar-refractivity contribution >= 4 is 22.8 Å². The Kier molecular flexibility index (Phi) is 4.06. The lowest BCUT2D eigenvalue weighted by molar-refractivity contribution is -0.384. The van der Waals surface area contributed by atoms with Crippen LogP contribution in [-0.4, -0.2) is 23.3 Å². The monoisotopic (exact) mass is 391 g/mol. The van der Waals surface area contributed by atoms with Crippen LogP contribution in [-0.2, 0) is 14.3 Å². The van der Waals surface area contributed by atoms with Crippen molar-refractivity contribution in [2.45, 2.75) is 37.9 Å². The number of esters is 1. The number of hydrogen-bond acceptors (Lipinski definition) is 5. The fraction of sp³-hybridized carbons (Fsp3) is 0.348. The van der Waals surface area contributed by atoms with Gasteiger partial charge < -0.3 is 9.47 Å². The van der Waals surface area contributed by atoms with Crippen molar-refractivity contribution in [1.29, 1.82) is 0 Å². The van der Waals surface area contributed by atoms with Gasteiger partial charge in [-0.05, 0) is 36.1 Å². The van der Waals surface area contributed by atoms with Gasteiger partial charge in [-0.3, -0.25) is 10.1 Å². The van der Waals surface area contributed by atoms with E-state index < -0.39 is 16.7 Å². The molecule has 3 aliphatic rings. The summed E-state index contributed by atoms with van der Waals surface area (Å²) in [5, 5.41) is 11.0. The second kappa shape index (κ2) is 6.52. The number of hydrogen-bond donors (Lipinski definition) is 0. The van der Waals surface area contributed by atoms with Crippen LogP contribution in [0.1, 0.15) is 43.2 Å². The summed E-state index contributed by atoms with van der Waals surface area (Å²) >= 11 is 0. The third-order valence-electron chi connectivity index (χ3n) is 6.41. The van der Waals surface area contributed by atoms with Crippen molar-refractivity contribution in [2.75, 3.05) is 6.61 Å². The lowest BCUT2D eigenvalue weighted by Gasteiger charge is -2.27. The van der Waals surface area contributed by atoms with E-state index in [9.17, 15) is 14.9 Å². The van der Waals surface area contributed by atoms with Gasteiger partial charge >= 0.3 is 5.97 Å². The molecule has 2 aromatic carbocycles. The first-order chi connectivity index (χ1) is 14.0. The minimum absolute atomic E-state index is 0.0151. The van der Waals surface area contributed by atoms with Crippen molar-refractivity contribution in [3.8, 4) is 0 Å². The molecule has 6 heteroatoms. The summed E-state index contributed by atoms with van der Waals surface area (Å²) in [4.78, 5) is 23.6. The fourth-order valence-electron chi connectivity index (χ4n) is 5.06. The van der Waals surface area contributed by atoms with E-state index in [0.717, 1.165) is 24.0 Å². The van der Waals surface area contributed by atoms with E-state index in [1.54, 1.807) is 12.1 Å². The lowest BCUT2D eigenvalue weighted by atomic mass is 9.79. The van der Waals surface area contributed by atoms with Crippen LogP contribution in [0.4, 0.5) is 5.69 Å². The molecule has 1 aliphatic carbocycles. The Morgan fingerprint density at radius 2 is 1.62 bits per heavy atom. The molecule has 2 aromatic rings. The van der Waals surface area contributed by atoms with Gasteiger partial charge in [0.1, 0.15) is 0 Å². The molecule has 1 saturated carbocycles. The highest BCUT2D eigenvalue weighted by Gasteiger charge is 2.59. The van der Waals surface area contributed by atoms with Crippen molar-refractivity contribution in [1.82, 2.24) is 0 Å². The molecule has 2 spiro atoms. The number of nitro groups is 1. The van der Waals surface area contributed by atoms with Gasteiger partial charge in [-0.2, -0.15) is 0 Å². The molecule has 0 bridgehead atoms. The maximum absolute atomic E-state index is 13.0. The minimum Gasteiger partial charge on any atom is -0.425 e. The van der Waals surface area contributed by atoms with Crippen LogP contribution in [0.2, 0.25) is 0 Å². The maximum atomic E-state index is 13.0. The average molecular weight is 391 g/mol. The zero-order valence-electron chi connectivity index (χ0n) is 15.9. The van der Waals surface area contributed by atoms with Gasteiger partial charge in [-0.15, -0.1) is 0 Å². The molecule has 0 N–H and O–H groups in total. The minimum atomic E-state index is -1.08. The smallest absolute Gasteiger partial charge is 0.342 e. The van der Waals surface area contributed by atoms with Crippen LogP contribution in [0.25, 0.3) is 11.1 Å². The number of non-ortho nitro benzene ring substituents is 1. The van der Waals surface area contributed by atoms with Gasteiger partial charge in [0.25, 0.3) is 5.69 Å². The zero-order chi connectivity index (χ0) is 20.1. The Morgan fingerprint density at radius 1 is 0.931 bits per heavy atom. The van der Waals surface area contributed by atoms with Crippen LogP contribution in [0, 0.1) is 15.5 Å². The van der Waals surface area contributed by atoms with Crippen LogP contribution >= 0.6 is 0 Å². The van der Waals surface area contributed by atoms with E-state index in [1.165, 1.54) is 25.0 Å². The number of nitrogens with zero attached hydrogens (tertiary/aromatic N) is 1. The van der Waals surface area contributed by atoms with Crippen molar-refractivity contribution in [3.63, 3.8) is 0 Å². The second-order valence-electron chi connectivity index (χ2n) is 8.23. The average Bonchev–Trinajstić information content (AvgIpc) is 3.41. The van der Waals surface area contributed by atoms with Gasteiger partial charge in [0.05, 0.1) is 17.1 Å². The first-order valence-corrected chi connectivity index (χ1v) is 9.94. The maximum Gasteiger partial charge on any atom is 0.342 e. The summed E-state index contributed by atoms with van der Waals surface area (Å²) in [7, 11) is 0. The number of carbonyl (C=O) groups is 1. The summed E-state index contributed by atoms with van der Waals surface area (Å²) in [5.74, 6) is -1.52. The molecule has 29 heavy (non-hydrogen) atoms. The van der Waals surface area contributed by atoms with E-state index in [-0.39, 0.29) is 11.1 Å². The number of carbonyl (C=O) groups excluding carboxylic acids is 1. The highest BCUT2D eigenvalue weighted by molar-refractivity contribution is 6.28. The third kappa shape index (κ3) is 2.86. The number of benzene rings is 2. The Hall–Kier alpha value is -2.99. The molecule has 6 nitrogen and oxygen atoms in total. The van der Waals surface area contributed by atoms with Gasteiger partial charge in [0, 0.05) is 29.5 Å². The lowest BCUT2D eigenvalue weighted by Crippen LogP contribution is -2.31. The van der Waals surface area contributed by atoms with Gasteiger partial charge in [-0.1, -0.05) is 43.2 Å². The standard InChI is InChI=1S/C23H21NO5/c25-21-19(16-8-10-18(11-9-16)24(26)27)20(17-6-2-1-3-7-17)23(29-21)14-22(15-28-23)12-4-5-13-22/h1-3,6-11H,4-5,12-15H2. The van der Waals surface area contributed by atoms with Crippen LogP contribution in [0.15, 0.2) is 54.6 Å². The van der Waals surface area contributed by atoms with E-state index in [2.05, 4.69) is 0 Å². The molecule has 0 aromatic heterocycles. The van der Waals surface area contributed by atoms with Crippen LogP contribution < -0.4 is 0 Å². The topological polar surface area (TPSA) is 78.7 Å². The molecule has 1 atom stereocenters. The molecule has 1 unspecified atom stereocenters. The number of rotatable bonds is 3. The SMILES string of the molecule is O=C1OC2(CC3(CCCC3)CO2)C(c2ccccc2)=C1c1ccc([N+](=O)[O-])cc1. The van der Waals surface area contributed by atoms with E-state index >= 15 is 0 Å². The van der Waals surface area contributed by atoms with Crippen LogP contribution in [0.3, 0.4) is 0 Å². The quantitative estimate of drug-likeness (QED) is 0.429. The molecular formula is C23H21NO5. The molecule has 1 saturated heterocycles. The molecule has 2 fully saturated rings. The number of nitro benzene ring substituents is 1. The number of ether oxygens (including phenoxy) is 2. The first kappa shape index (κ1) is 18.1. The normalized spacial score (nSPS) is 25.2. The van der Waals surface area contributed by atoms with Crippen LogP contribution in [0.5, 0.6) is 0 Å². The summed E-state index contributed by atoms with van der Waals surface area (Å²) in [6, 6.07) is 15.7. The zero-order valence-corrected chi connectivity index (χ0v) is 15.9. The van der Waals surface area contributed by atoms with E-state index in [0.29, 0.717) is 24.2 Å². The Bertz CT molecular complexity index is 1010. The van der Waals surface area contributed by atoms with E-state index in [1.807, 2.05) is 30.3 Å². The van der Waals surface area contributed by atoms with Gasteiger partial charge in [0.15, 0.2) is 0 Å². The fourth-order valence-corrected chi connectivity index (χ4v) is 5.06. The molecule has 2 heterocycles. The molecule has 0 amide bonds. The Labute approximate surface area is 168 Å². The predicted molar refractivity (Wildman–Crippen MR) is 107 cm³/mol. The summed E-state index contributed by atoms with van der Waals surface area (Å²) < 4.78 is 12.2. The van der Waals surface area contributed by atoms with Gasteiger partial charge in [-0.25, -0.2) is 4.79 Å². The second-order valence-corrected chi connectivity index (χ2v) is 8.23. The highest BCUT2D eigenvalue weighted by Crippen LogP contribution is 2.58. The third-order valence-corrected chi connectivity index (χ3v) is 6.41. The molecular weight excluding hydrogens is 370 g/mol. The Balaban J connectivity index is 1.66. The highest BCUT2D eigenvalue weighted by atomic mass is 16.7. The molecule has 148 valence electrons. The van der Waals surface area contributed by atoms with Gasteiger partial charge in [0.2, 0.25) is 5.79 Å². The van der Waals surface area contributed by atoms with Crippen molar-refractivity contribution < 1.29 is 19.2 Å². The first-order valence-electron chi connectivity index (χ1n) is 9.94. The van der Waals surface area contributed by atoms with Crippen molar-refractivity contribution in [2.24, 2.45) is 5.41 Å². The summed E-state index contributed by atoms with van der Waals surface area (Å²) in [5.41, 5.74) is 2.69. The van der Waals surface area contributed by atoms with Crippen molar-refractivity contribution in [3.05, 3.63) is 75.8 Å². The van der Waals surface area contributed by atoms with E-state index in [4.69, 9.17) is 9.47 Å². The molecule has 2 aliphatic heterocycles.